The highest BCUT2D eigenvalue weighted by atomic mass is 16.5. The van der Waals surface area contributed by atoms with Gasteiger partial charge < -0.3 is 15.4 Å². The van der Waals surface area contributed by atoms with Crippen molar-refractivity contribution in [3.63, 3.8) is 0 Å². The van der Waals surface area contributed by atoms with Crippen LogP contribution in [0.25, 0.3) is 0 Å². The molecule has 3 heteroatoms. The molecule has 1 saturated heterocycles. The van der Waals surface area contributed by atoms with Gasteiger partial charge in [-0.1, -0.05) is 42.5 Å². The lowest BCUT2D eigenvalue weighted by Gasteiger charge is -2.23. The minimum Gasteiger partial charge on any atom is -0.489 e. The SMILES string of the molecule is c1ccc(COc2cccc(CCNC3CCNCC3)c2)cc1. The van der Waals surface area contributed by atoms with Crippen LogP contribution in [0.1, 0.15) is 24.0 Å². The predicted molar refractivity (Wildman–Crippen MR) is 94.8 cm³/mol. The van der Waals surface area contributed by atoms with Gasteiger partial charge in [-0.2, -0.15) is 0 Å². The largest absolute Gasteiger partial charge is 0.489 e. The smallest absolute Gasteiger partial charge is 0.120 e. The molecular weight excluding hydrogens is 284 g/mol. The van der Waals surface area contributed by atoms with Crippen molar-refractivity contribution in [2.24, 2.45) is 0 Å². The molecular formula is C20H26N2O. The quantitative estimate of drug-likeness (QED) is 0.824. The molecule has 1 fully saturated rings. The first-order chi connectivity index (χ1) is 11.4. The Labute approximate surface area is 139 Å². The third-order valence-corrected chi connectivity index (χ3v) is 4.33. The van der Waals surface area contributed by atoms with Crippen LogP contribution in [0, 0.1) is 0 Å². The summed E-state index contributed by atoms with van der Waals surface area (Å²) in [6.07, 6.45) is 3.52. The first-order valence-electron chi connectivity index (χ1n) is 8.60. The molecule has 0 saturated carbocycles. The normalized spacial score (nSPS) is 15.5. The summed E-state index contributed by atoms with van der Waals surface area (Å²) in [5.74, 6) is 0.952. The zero-order valence-corrected chi connectivity index (χ0v) is 13.6. The molecule has 0 spiro atoms. The Morgan fingerprint density at radius 2 is 1.74 bits per heavy atom. The van der Waals surface area contributed by atoms with Gasteiger partial charge >= 0.3 is 0 Å². The fourth-order valence-corrected chi connectivity index (χ4v) is 2.98. The number of nitrogens with one attached hydrogen (secondary N) is 2. The molecule has 23 heavy (non-hydrogen) atoms. The average Bonchev–Trinajstić information content (AvgIpc) is 2.62. The van der Waals surface area contributed by atoms with E-state index in [0.717, 1.165) is 31.8 Å². The molecule has 1 aliphatic rings. The lowest BCUT2D eigenvalue weighted by Crippen LogP contribution is -2.40. The standard InChI is InChI=1S/C20H26N2O/c1-2-5-18(6-3-1)16-23-20-8-4-7-17(15-20)9-14-22-19-10-12-21-13-11-19/h1-8,15,19,21-22H,9-14,16H2. The number of rotatable bonds is 7. The summed E-state index contributed by atoms with van der Waals surface area (Å²) >= 11 is 0. The van der Waals surface area contributed by atoms with Crippen molar-refractivity contribution in [2.45, 2.75) is 31.9 Å². The van der Waals surface area contributed by atoms with Gasteiger partial charge in [-0.05, 0) is 62.2 Å². The van der Waals surface area contributed by atoms with E-state index < -0.39 is 0 Å². The van der Waals surface area contributed by atoms with Gasteiger partial charge in [0.2, 0.25) is 0 Å². The van der Waals surface area contributed by atoms with Crippen molar-refractivity contribution >= 4 is 0 Å². The lowest BCUT2D eigenvalue weighted by atomic mass is 10.1. The first kappa shape index (κ1) is 16.0. The van der Waals surface area contributed by atoms with Crippen LogP contribution >= 0.6 is 0 Å². The van der Waals surface area contributed by atoms with E-state index in [4.69, 9.17) is 4.74 Å². The highest BCUT2D eigenvalue weighted by Gasteiger charge is 2.11. The minimum absolute atomic E-state index is 0.623. The molecule has 0 amide bonds. The minimum atomic E-state index is 0.623. The number of hydrogen-bond donors (Lipinski definition) is 2. The third-order valence-electron chi connectivity index (χ3n) is 4.33. The van der Waals surface area contributed by atoms with Crippen LogP contribution in [0.5, 0.6) is 5.75 Å². The predicted octanol–water partition coefficient (Wildman–Crippen LogP) is 3.15. The van der Waals surface area contributed by atoms with Crippen LogP contribution < -0.4 is 15.4 Å². The highest BCUT2D eigenvalue weighted by Crippen LogP contribution is 2.15. The number of hydrogen-bond acceptors (Lipinski definition) is 3. The Morgan fingerprint density at radius 1 is 0.957 bits per heavy atom. The van der Waals surface area contributed by atoms with Crippen molar-refractivity contribution in [1.29, 1.82) is 0 Å². The van der Waals surface area contributed by atoms with E-state index in [2.05, 4.69) is 41.0 Å². The second-order valence-electron chi connectivity index (χ2n) is 6.15. The van der Waals surface area contributed by atoms with Crippen LogP contribution in [0.2, 0.25) is 0 Å². The first-order valence-corrected chi connectivity index (χ1v) is 8.60. The molecule has 1 heterocycles. The topological polar surface area (TPSA) is 33.3 Å². The van der Waals surface area contributed by atoms with E-state index >= 15 is 0 Å². The van der Waals surface area contributed by atoms with E-state index in [1.54, 1.807) is 0 Å². The molecule has 0 aliphatic carbocycles. The zero-order chi connectivity index (χ0) is 15.7. The summed E-state index contributed by atoms with van der Waals surface area (Å²) in [5, 5.41) is 7.07. The molecule has 1 aliphatic heterocycles. The molecule has 2 aromatic carbocycles. The Morgan fingerprint density at radius 3 is 2.57 bits per heavy atom. The Balaban J connectivity index is 1.45. The van der Waals surface area contributed by atoms with E-state index in [1.165, 1.54) is 24.0 Å². The number of piperidine rings is 1. The number of benzene rings is 2. The second kappa shape index (κ2) is 8.70. The van der Waals surface area contributed by atoms with Crippen molar-refractivity contribution in [1.82, 2.24) is 10.6 Å². The fourth-order valence-electron chi connectivity index (χ4n) is 2.98. The Kier molecular flexibility index (Phi) is 6.07. The van der Waals surface area contributed by atoms with Crippen LogP contribution in [0.3, 0.4) is 0 Å². The Hall–Kier alpha value is -1.84. The van der Waals surface area contributed by atoms with E-state index in [9.17, 15) is 0 Å². The Bertz CT molecular complexity index is 579. The molecule has 3 nitrogen and oxygen atoms in total. The van der Waals surface area contributed by atoms with Crippen molar-refractivity contribution < 1.29 is 4.74 Å². The molecule has 0 radical (unpaired) electrons. The van der Waals surface area contributed by atoms with Gasteiger partial charge in [0.15, 0.2) is 0 Å². The summed E-state index contributed by atoms with van der Waals surface area (Å²) in [5.41, 5.74) is 2.53. The maximum atomic E-state index is 5.90. The monoisotopic (exact) mass is 310 g/mol. The molecule has 0 atom stereocenters. The van der Waals surface area contributed by atoms with Crippen LogP contribution in [0.15, 0.2) is 54.6 Å². The molecule has 2 N–H and O–H groups in total. The molecule has 0 unspecified atom stereocenters. The van der Waals surface area contributed by atoms with E-state index in [1.807, 2.05) is 24.3 Å². The van der Waals surface area contributed by atoms with Crippen molar-refractivity contribution in [2.75, 3.05) is 19.6 Å². The van der Waals surface area contributed by atoms with Crippen molar-refractivity contribution in [3.05, 3.63) is 65.7 Å². The lowest BCUT2D eigenvalue weighted by molar-refractivity contribution is 0.306. The molecule has 2 aromatic rings. The van der Waals surface area contributed by atoms with Gasteiger partial charge in [-0.25, -0.2) is 0 Å². The summed E-state index contributed by atoms with van der Waals surface area (Å²) in [6, 6.07) is 19.4. The van der Waals surface area contributed by atoms with Gasteiger partial charge in [0.05, 0.1) is 0 Å². The van der Waals surface area contributed by atoms with Crippen molar-refractivity contribution in [3.8, 4) is 5.75 Å². The maximum absolute atomic E-state index is 5.90. The highest BCUT2D eigenvalue weighted by molar-refractivity contribution is 5.29. The van der Waals surface area contributed by atoms with Gasteiger partial charge in [0.25, 0.3) is 0 Å². The van der Waals surface area contributed by atoms with Gasteiger partial charge in [0.1, 0.15) is 12.4 Å². The molecule has 0 aromatic heterocycles. The average molecular weight is 310 g/mol. The summed E-state index contributed by atoms with van der Waals surface area (Å²) in [7, 11) is 0. The molecule has 0 bridgehead atoms. The zero-order valence-electron chi connectivity index (χ0n) is 13.6. The summed E-state index contributed by atoms with van der Waals surface area (Å²) < 4.78 is 5.90. The third kappa shape index (κ3) is 5.38. The van der Waals surface area contributed by atoms with Crippen LogP contribution in [0.4, 0.5) is 0 Å². The molecule has 122 valence electrons. The number of ether oxygens (including phenoxy) is 1. The van der Waals surface area contributed by atoms with Gasteiger partial charge in [-0.15, -0.1) is 0 Å². The van der Waals surface area contributed by atoms with Crippen LogP contribution in [-0.2, 0) is 13.0 Å². The fraction of sp³-hybridized carbons (Fsp3) is 0.400. The van der Waals surface area contributed by atoms with E-state index in [0.29, 0.717) is 12.6 Å². The van der Waals surface area contributed by atoms with E-state index in [-0.39, 0.29) is 0 Å². The van der Waals surface area contributed by atoms with Crippen LogP contribution in [-0.4, -0.2) is 25.7 Å². The van der Waals surface area contributed by atoms with Gasteiger partial charge in [0, 0.05) is 6.04 Å². The summed E-state index contributed by atoms with van der Waals surface area (Å²) in [6.45, 7) is 3.94. The summed E-state index contributed by atoms with van der Waals surface area (Å²) in [4.78, 5) is 0. The second-order valence-corrected chi connectivity index (χ2v) is 6.15. The maximum Gasteiger partial charge on any atom is 0.120 e. The van der Waals surface area contributed by atoms with Gasteiger partial charge in [-0.3, -0.25) is 0 Å². The molecule has 3 rings (SSSR count).